The standard InChI is InChI=1S/C26H28N4O4S/c1-4-34-20-8-9-21-24(17-20)35-26(28-21)30(14-5-13-29-15-12-27-18-29)25(31)11-7-19-6-10-22(32-2)23(16-19)33-3/h6-12,15-18H,4-5,13-14H2,1-3H3/b11-7+. The maximum atomic E-state index is 13.3. The van der Waals surface area contributed by atoms with Gasteiger partial charge in [0.2, 0.25) is 0 Å². The van der Waals surface area contributed by atoms with Gasteiger partial charge in [0.1, 0.15) is 5.75 Å². The first-order valence-corrected chi connectivity index (χ1v) is 12.1. The van der Waals surface area contributed by atoms with Gasteiger partial charge in [0, 0.05) is 31.6 Å². The molecule has 4 rings (SSSR count). The summed E-state index contributed by atoms with van der Waals surface area (Å²) in [6.07, 6.45) is 9.53. The van der Waals surface area contributed by atoms with Crippen molar-refractivity contribution in [3.8, 4) is 17.2 Å². The molecule has 4 aromatic rings. The summed E-state index contributed by atoms with van der Waals surface area (Å²) in [5.74, 6) is 1.89. The van der Waals surface area contributed by atoms with Crippen LogP contribution in [0.3, 0.4) is 0 Å². The minimum atomic E-state index is -0.144. The van der Waals surface area contributed by atoms with E-state index in [2.05, 4.69) is 4.98 Å². The lowest BCUT2D eigenvalue weighted by atomic mass is 10.2. The topological polar surface area (TPSA) is 78.7 Å². The summed E-state index contributed by atoms with van der Waals surface area (Å²) < 4.78 is 19.3. The molecule has 0 unspecified atom stereocenters. The molecular formula is C26H28N4O4S. The first kappa shape index (κ1) is 24.3. The fourth-order valence-corrected chi connectivity index (χ4v) is 4.63. The number of thiazole rings is 1. The van der Waals surface area contributed by atoms with Crippen LogP contribution in [0, 0.1) is 0 Å². The molecule has 182 valence electrons. The summed E-state index contributed by atoms with van der Waals surface area (Å²) in [5.41, 5.74) is 1.67. The molecule has 0 bridgehead atoms. The molecule has 8 nitrogen and oxygen atoms in total. The normalized spacial score (nSPS) is 11.2. The Kier molecular flexibility index (Phi) is 7.99. The molecule has 0 saturated heterocycles. The molecule has 0 aliphatic carbocycles. The van der Waals surface area contributed by atoms with Crippen LogP contribution in [0.15, 0.2) is 61.2 Å². The Morgan fingerprint density at radius 2 is 2.00 bits per heavy atom. The lowest BCUT2D eigenvalue weighted by molar-refractivity contribution is -0.114. The van der Waals surface area contributed by atoms with Crippen LogP contribution < -0.4 is 19.1 Å². The average Bonchev–Trinajstić information content (AvgIpc) is 3.54. The van der Waals surface area contributed by atoms with E-state index in [4.69, 9.17) is 19.2 Å². The highest BCUT2D eigenvalue weighted by atomic mass is 32.1. The van der Waals surface area contributed by atoms with Crippen LogP contribution in [0.1, 0.15) is 18.9 Å². The number of imidazole rings is 1. The molecule has 0 spiro atoms. The van der Waals surface area contributed by atoms with Gasteiger partial charge in [0.15, 0.2) is 16.6 Å². The van der Waals surface area contributed by atoms with Crippen LogP contribution in [0.4, 0.5) is 5.13 Å². The number of carbonyl (C=O) groups excluding carboxylic acids is 1. The Labute approximate surface area is 208 Å². The number of rotatable bonds is 11. The Morgan fingerprint density at radius 3 is 2.74 bits per heavy atom. The van der Waals surface area contributed by atoms with Gasteiger partial charge in [0.25, 0.3) is 5.91 Å². The summed E-state index contributed by atoms with van der Waals surface area (Å²) in [7, 11) is 3.18. The minimum absolute atomic E-state index is 0.144. The van der Waals surface area contributed by atoms with E-state index in [-0.39, 0.29) is 5.91 Å². The van der Waals surface area contributed by atoms with Crippen LogP contribution in [-0.4, -0.2) is 47.8 Å². The van der Waals surface area contributed by atoms with Crippen molar-refractivity contribution in [2.75, 3.05) is 32.3 Å². The maximum absolute atomic E-state index is 13.3. The molecule has 0 N–H and O–H groups in total. The van der Waals surface area contributed by atoms with Gasteiger partial charge in [-0.15, -0.1) is 0 Å². The smallest absolute Gasteiger partial charge is 0.252 e. The molecule has 2 aromatic heterocycles. The Bertz CT molecular complexity index is 1300. The zero-order valence-electron chi connectivity index (χ0n) is 20.0. The Morgan fingerprint density at radius 1 is 1.14 bits per heavy atom. The van der Waals surface area contributed by atoms with E-state index in [0.29, 0.717) is 29.8 Å². The van der Waals surface area contributed by atoms with E-state index < -0.39 is 0 Å². The number of ether oxygens (including phenoxy) is 3. The molecule has 35 heavy (non-hydrogen) atoms. The van der Waals surface area contributed by atoms with Gasteiger partial charge in [-0.1, -0.05) is 17.4 Å². The van der Waals surface area contributed by atoms with Crippen molar-refractivity contribution in [2.24, 2.45) is 0 Å². The molecule has 0 atom stereocenters. The number of nitrogens with zero attached hydrogens (tertiary/aromatic N) is 4. The number of amides is 1. The van der Waals surface area contributed by atoms with Crippen molar-refractivity contribution in [2.45, 2.75) is 19.9 Å². The third-order valence-corrected chi connectivity index (χ3v) is 6.38. The van der Waals surface area contributed by atoms with Crippen LogP contribution in [0.2, 0.25) is 0 Å². The molecule has 0 saturated carbocycles. The molecule has 0 aliphatic rings. The number of benzene rings is 2. The van der Waals surface area contributed by atoms with Crippen molar-refractivity contribution in [3.05, 3.63) is 66.8 Å². The fraction of sp³-hybridized carbons (Fsp3) is 0.269. The van der Waals surface area contributed by atoms with E-state index in [0.717, 1.165) is 34.5 Å². The minimum Gasteiger partial charge on any atom is -0.494 e. The molecule has 0 radical (unpaired) electrons. The van der Waals surface area contributed by atoms with Crippen molar-refractivity contribution < 1.29 is 19.0 Å². The predicted octanol–water partition coefficient (Wildman–Crippen LogP) is 5.05. The average molecular weight is 493 g/mol. The van der Waals surface area contributed by atoms with Crippen molar-refractivity contribution in [1.29, 1.82) is 0 Å². The van der Waals surface area contributed by atoms with E-state index in [1.54, 1.807) is 43.8 Å². The SMILES string of the molecule is CCOc1ccc2nc(N(CCCn3ccnc3)C(=O)/C=C/c3ccc(OC)c(OC)c3)sc2c1. The largest absolute Gasteiger partial charge is 0.494 e. The van der Waals surface area contributed by atoms with Gasteiger partial charge in [0.05, 0.1) is 37.4 Å². The van der Waals surface area contributed by atoms with Gasteiger partial charge < -0.3 is 18.8 Å². The highest BCUT2D eigenvalue weighted by molar-refractivity contribution is 7.22. The van der Waals surface area contributed by atoms with Crippen molar-refractivity contribution in [1.82, 2.24) is 14.5 Å². The number of carbonyl (C=O) groups is 1. The number of aromatic nitrogens is 3. The monoisotopic (exact) mass is 492 g/mol. The van der Waals surface area contributed by atoms with Gasteiger partial charge in [-0.2, -0.15) is 0 Å². The Hall–Kier alpha value is -3.85. The summed E-state index contributed by atoms with van der Waals surface area (Å²) in [6.45, 7) is 3.82. The van der Waals surface area contributed by atoms with E-state index >= 15 is 0 Å². The molecular weight excluding hydrogens is 464 g/mol. The number of hydrogen-bond acceptors (Lipinski definition) is 7. The number of methoxy groups -OCH3 is 2. The number of fused-ring (bicyclic) bond motifs is 1. The van der Waals surface area contributed by atoms with Crippen LogP contribution in [-0.2, 0) is 11.3 Å². The molecule has 2 aromatic carbocycles. The first-order chi connectivity index (χ1) is 17.1. The molecule has 2 heterocycles. The summed E-state index contributed by atoms with van der Waals surface area (Å²) in [5, 5.41) is 0.654. The highest BCUT2D eigenvalue weighted by Gasteiger charge is 2.18. The van der Waals surface area contributed by atoms with Crippen LogP contribution in [0.5, 0.6) is 17.2 Å². The molecule has 1 amide bonds. The second-order valence-corrected chi connectivity index (χ2v) is 8.66. The van der Waals surface area contributed by atoms with Gasteiger partial charge in [-0.3, -0.25) is 9.69 Å². The predicted molar refractivity (Wildman–Crippen MR) is 139 cm³/mol. The van der Waals surface area contributed by atoms with Crippen molar-refractivity contribution >= 4 is 38.7 Å². The summed E-state index contributed by atoms with van der Waals surface area (Å²) in [6, 6.07) is 11.3. The summed E-state index contributed by atoms with van der Waals surface area (Å²) >= 11 is 1.48. The van der Waals surface area contributed by atoms with Gasteiger partial charge in [-0.25, -0.2) is 9.97 Å². The Balaban J connectivity index is 1.57. The van der Waals surface area contributed by atoms with E-state index in [1.165, 1.54) is 11.3 Å². The number of hydrogen-bond donors (Lipinski definition) is 0. The molecule has 0 aliphatic heterocycles. The summed E-state index contributed by atoms with van der Waals surface area (Å²) in [4.78, 5) is 23.9. The number of aryl methyl sites for hydroxylation is 1. The zero-order valence-corrected chi connectivity index (χ0v) is 20.8. The second kappa shape index (κ2) is 11.5. The first-order valence-electron chi connectivity index (χ1n) is 11.3. The maximum Gasteiger partial charge on any atom is 0.252 e. The van der Waals surface area contributed by atoms with Gasteiger partial charge >= 0.3 is 0 Å². The van der Waals surface area contributed by atoms with Crippen LogP contribution >= 0.6 is 11.3 Å². The van der Waals surface area contributed by atoms with Crippen molar-refractivity contribution in [3.63, 3.8) is 0 Å². The number of anilines is 1. The quantitative estimate of drug-likeness (QED) is 0.273. The lowest BCUT2D eigenvalue weighted by Gasteiger charge is -2.18. The third kappa shape index (κ3) is 5.99. The van der Waals surface area contributed by atoms with Crippen LogP contribution in [0.25, 0.3) is 16.3 Å². The van der Waals surface area contributed by atoms with E-state index in [9.17, 15) is 4.79 Å². The fourth-order valence-electron chi connectivity index (χ4n) is 3.61. The molecule has 9 heteroatoms. The second-order valence-electron chi connectivity index (χ2n) is 7.65. The third-order valence-electron chi connectivity index (χ3n) is 5.34. The zero-order chi connectivity index (χ0) is 24.6. The lowest BCUT2D eigenvalue weighted by Crippen LogP contribution is -2.30. The molecule has 0 fully saturated rings. The van der Waals surface area contributed by atoms with E-state index in [1.807, 2.05) is 54.1 Å². The van der Waals surface area contributed by atoms with Gasteiger partial charge in [-0.05, 0) is 55.3 Å². The highest BCUT2D eigenvalue weighted by Crippen LogP contribution is 2.32.